The fourth-order valence-electron chi connectivity index (χ4n) is 2.43. The van der Waals surface area contributed by atoms with Gasteiger partial charge in [0, 0.05) is 12.2 Å². The molecular weight excluding hydrogens is 248 g/mol. The number of hydrogen-bond acceptors (Lipinski definition) is 3. The second kappa shape index (κ2) is 5.71. The summed E-state index contributed by atoms with van der Waals surface area (Å²) in [5.74, 6) is 0.694. The van der Waals surface area contributed by atoms with Gasteiger partial charge in [0.1, 0.15) is 0 Å². The molecule has 0 aliphatic heterocycles. The van der Waals surface area contributed by atoms with E-state index in [-0.39, 0.29) is 4.90 Å². The van der Waals surface area contributed by atoms with Gasteiger partial charge in [0.15, 0.2) is 0 Å². The highest BCUT2D eigenvalue weighted by Gasteiger charge is 2.17. The molecule has 0 heterocycles. The summed E-state index contributed by atoms with van der Waals surface area (Å²) in [4.78, 5) is 0.281. The molecule has 2 rings (SSSR count). The van der Waals surface area contributed by atoms with E-state index in [0.29, 0.717) is 18.2 Å². The summed E-state index contributed by atoms with van der Waals surface area (Å²) >= 11 is 0. The van der Waals surface area contributed by atoms with Crippen LogP contribution in [0.3, 0.4) is 0 Å². The van der Waals surface area contributed by atoms with Crippen LogP contribution in [0.15, 0.2) is 29.2 Å². The molecule has 100 valence electrons. The fourth-order valence-corrected chi connectivity index (χ4v) is 3.47. The van der Waals surface area contributed by atoms with Crippen LogP contribution in [0.25, 0.3) is 0 Å². The lowest BCUT2D eigenvalue weighted by atomic mass is 10.1. The summed E-state index contributed by atoms with van der Waals surface area (Å²) in [7, 11) is -3.37. The molecule has 0 spiro atoms. The minimum atomic E-state index is -3.37. The van der Waals surface area contributed by atoms with Gasteiger partial charge in [0.2, 0.25) is 10.0 Å². The van der Waals surface area contributed by atoms with Crippen LogP contribution in [0.1, 0.15) is 32.1 Å². The van der Waals surface area contributed by atoms with Gasteiger partial charge < -0.3 is 5.73 Å². The molecule has 3 N–H and O–H groups in total. The van der Waals surface area contributed by atoms with Gasteiger partial charge >= 0.3 is 0 Å². The molecule has 1 aliphatic carbocycles. The van der Waals surface area contributed by atoms with Crippen LogP contribution in [0, 0.1) is 5.92 Å². The lowest BCUT2D eigenvalue weighted by Gasteiger charge is -2.10. The highest BCUT2D eigenvalue weighted by molar-refractivity contribution is 7.89. The van der Waals surface area contributed by atoms with Crippen molar-refractivity contribution in [2.45, 2.75) is 37.0 Å². The van der Waals surface area contributed by atoms with Crippen LogP contribution < -0.4 is 10.5 Å². The van der Waals surface area contributed by atoms with E-state index >= 15 is 0 Å². The smallest absolute Gasteiger partial charge is 0.240 e. The topological polar surface area (TPSA) is 72.2 Å². The second-order valence-electron chi connectivity index (χ2n) is 4.91. The lowest BCUT2D eigenvalue weighted by Crippen LogP contribution is -2.25. The number of anilines is 1. The maximum Gasteiger partial charge on any atom is 0.240 e. The SMILES string of the molecule is Nc1ccc(S(=O)(=O)NCCC2CCCC2)cc1. The minimum Gasteiger partial charge on any atom is -0.399 e. The average Bonchev–Trinajstić information content (AvgIpc) is 2.82. The summed E-state index contributed by atoms with van der Waals surface area (Å²) in [6, 6.07) is 6.28. The predicted octanol–water partition coefficient (Wildman–Crippen LogP) is 2.13. The quantitative estimate of drug-likeness (QED) is 0.803. The normalized spacial score (nSPS) is 17.1. The Morgan fingerprint density at radius 1 is 1.17 bits per heavy atom. The van der Waals surface area contributed by atoms with E-state index in [9.17, 15) is 8.42 Å². The highest BCUT2D eigenvalue weighted by Crippen LogP contribution is 2.27. The van der Waals surface area contributed by atoms with Crippen LogP contribution in [-0.4, -0.2) is 15.0 Å². The Morgan fingerprint density at radius 2 is 1.78 bits per heavy atom. The van der Waals surface area contributed by atoms with E-state index in [4.69, 9.17) is 5.73 Å². The Balaban J connectivity index is 1.88. The van der Waals surface area contributed by atoms with Crippen LogP contribution in [-0.2, 0) is 10.0 Å². The molecule has 0 unspecified atom stereocenters. The van der Waals surface area contributed by atoms with Crippen molar-refractivity contribution in [3.05, 3.63) is 24.3 Å². The molecule has 0 atom stereocenters. The molecule has 0 bridgehead atoms. The molecule has 18 heavy (non-hydrogen) atoms. The molecule has 1 fully saturated rings. The van der Waals surface area contributed by atoms with Crippen molar-refractivity contribution in [3.63, 3.8) is 0 Å². The van der Waals surface area contributed by atoms with E-state index in [1.807, 2.05) is 0 Å². The highest BCUT2D eigenvalue weighted by atomic mass is 32.2. The van der Waals surface area contributed by atoms with Gasteiger partial charge in [0.05, 0.1) is 4.90 Å². The van der Waals surface area contributed by atoms with Crippen molar-refractivity contribution in [2.75, 3.05) is 12.3 Å². The molecule has 0 saturated heterocycles. The first-order chi connectivity index (χ1) is 8.58. The molecule has 1 aliphatic rings. The molecule has 0 amide bonds. The maximum absolute atomic E-state index is 12.0. The van der Waals surface area contributed by atoms with E-state index in [0.717, 1.165) is 6.42 Å². The van der Waals surface area contributed by atoms with Gasteiger partial charge in [-0.15, -0.1) is 0 Å². The van der Waals surface area contributed by atoms with E-state index in [1.54, 1.807) is 12.1 Å². The Labute approximate surface area is 109 Å². The number of rotatable bonds is 5. The molecule has 1 saturated carbocycles. The maximum atomic E-state index is 12.0. The summed E-state index contributed by atoms with van der Waals surface area (Å²) in [5, 5.41) is 0. The van der Waals surface area contributed by atoms with Gasteiger partial charge in [-0.25, -0.2) is 13.1 Å². The third-order valence-corrected chi connectivity index (χ3v) is 4.99. The minimum absolute atomic E-state index is 0.281. The molecular formula is C13H20N2O2S. The van der Waals surface area contributed by atoms with Gasteiger partial charge in [-0.2, -0.15) is 0 Å². The largest absolute Gasteiger partial charge is 0.399 e. The fraction of sp³-hybridized carbons (Fsp3) is 0.538. The number of sulfonamides is 1. The summed E-state index contributed by atoms with van der Waals surface area (Å²) in [6.07, 6.45) is 5.99. The van der Waals surface area contributed by atoms with Crippen molar-refractivity contribution >= 4 is 15.7 Å². The molecule has 4 nitrogen and oxygen atoms in total. The molecule has 0 aromatic heterocycles. The van der Waals surface area contributed by atoms with Crippen LogP contribution in [0.4, 0.5) is 5.69 Å². The standard InChI is InChI=1S/C13H20N2O2S/c14-12-5-7-13(8-6-12)18(16,17)15-10-9-11-3-1-2-4-11/h5-8,11,15H,1-4,9-10,14H2. The Morgan fingerprint density at radius 3 is 2.39 bits per heavy atom. The zero-order valence-electron chi connectivity index (χ0n) is 10.4. The van der Waals surface area contributed by atoms with Crippen LogP contribution in [0.5, 0.6) is 0 Å². The first-order valence-corrected chi connectivity index (χ1v) is 7.91. The first kappa shape index (κ1) is 13.4. The summed E-state index contributed by atoms with van der Waals surface area (Å²) < 4.78 is 26.6. The van der Waals surface area contributed by atoms with Crippen molar-refractivity contribution in [2.24, 2.45) is 5.92 Å². The van der Waals surface area contributed by atoms with E-state index < -0.39 is 10.0 Å². The number of nitrogens with one attached hydrogen (secondary N) is 1. The second-order valence-corrected chi connectivity index (χ2v) is 6.67. The number of nitrogen functional groups attached to an aromatic ring is 1. The van der Waals surface area contributed by atoms with Crippen molar-refractivity contribution in [1.29, 1.82) is 0 Å². The Hall–Kier alpha value is -1.07. The van der Waals surface area contributed by atoms with Gasteiger partial charge in [-0.1, -0.05) is 25.7 Å². The Kier molecular flexibility index (Phi) is 4.24. The number of hydrogen-bond donors (Lipinski definition) is 2. The van der Waals surface area contributed by atoms with Crippen LogP contribution in [0.2, 0.25) is 0 Å². The van der Waals surface area contributed by atoms with Crippen molar-refractivity contribution in [1.82, 2.24) is 4.72 Å². The van der Waals surface area contributed by atoms with Crippen molar-refractivity contribution < 1.29 is 8.42 Å². The molecule has 5 heteroatoms. The monoisotopic (exact) mass is 268 g/mol. The summed E-state index contributed by atoms with van der Waals surface area (Å²) in [5.41, 5.74) is 6.11. The zero-order chi connectivity index (χ0) is 13.0. The predicted molar refractivity (Wildman–Crippen MR) is 72.6 cm³/mol. The molecule has 1 aromatic rings. The molecule has 0 radical (unpaired) electrons. The number of benzene rings is 1. The van der Waals surface area contributed by atoms with Gasteiger partial charge in [-0.05, 0) is 36.6 Å². The van der Waals surface area contributed by atoms with E-state index in [2.05, 4.69) is 4.72 Å². The van der Waals surface area contributed by atoms with Gasteiger partial charge in [-0.3, -0.25) is 0 Å². The van der Waals surface area contributed by atoms with Crippen molar-refractivity contribution in [3.8, 4) is 0 Å². The first-order valence-electron chi connectivity index (χ1n) is 6.43. The Bertz CT molecular complexity index is 476. The number of nitrogens with two attached hydrogens (primary N) is 1. The zero-order valence-corrected chi connectivity index (χ0v) is 11.2. The third-order valence-electron chi connectivity index (χ3n) is 3.51. The van der Waals surface area contributed by atoms with Gasteiger partial charge in [0.25, 0.3) is 0 Å². The van der Waals surface area contributed by atoms with E-state index in [1.165, 1.54) is 37.8 Å². The average molecular weight is 268 g/mol. The lowest BCUT2D eigenvalue weighted by molar-refractivity contribution is 0.495. The summed E-state index contributed by atoms with van der Waals surface area (Å²) in [6.45, 7) is 0.525. The molecule has 1 aromatic carbocycles. The van der Waals surface area contributed by atoms with Crippen LogP contribution >= 0.6 is 0 Å². The third kappa shape index (κ3) is 3.46.